The normalized spacial score (nSPS) is 20.9. The number of hydrogen-bond donors (Lipinski definition) is 1. The van der Waals surface area contributed by atoms with Crippen LogP contribution >= 0.6 is 0 Å². The molecule has 0 amide bonds. The highest BCUT2D eigenvalue weighted by atomic mass is 16.5. The van der Waals surface area contributed by atoms with Crippen molar-refractivity contribution >= 4 is 0 Å². The van der Waals surface area contributed by atoms with Gasteiger partial charge in [-0.2, -0.15) is 0 Å². The first-order chi connectivity index (χ1) is 7.84. The Labute approximate surface area is 97.2 Å². The van der Waals surface area contributed by atoms with Gasteiger partial charge in [0.1, 0.15) is 0 Å². The molecule has 3 nitrogen and oxygen atoms in total. The number of rotatable bonds is 4. The van der Waals surface area contributed by atoms with Crippen molar-refractivity contribution in [1.29, 1.82) is 0 Å². The molecule has 1 atom stereocenters. The van der Waals surface area contributed by atoms with E-state index < -0.39 is 0 Å². The first kappa shape index (κ1) is 11.6. The number of aryl methyl sites for hydroxylation is 1. The molecule has 2 rings (SSSR count). The highest BCUT2D eigenvalue weighted by molar-refractivity contribution is 5.11. The van der Waals surface area contributed by atoms with Crippen LogP contribution in [0.4, 0.5) is 0 Å². The van der Waals surface area contributed by atoms with Gasteiger partial charge in [-0.1, -0.05) is 6.07 Å². The Kier molecular flexibility index (Phi) is 4.31. The molecule has 0 radical (unpaired) electrons. The standard InChI is InChI=1S/C13H20N2O/c1-11-4-5-13(15-7-11)9-14-8-12-3-2-6-16-10-12/h4-5,7,12,14H,2-3,6,8-10H2,1H3. The minimum atomic E-state index is 0.680. The van der Waals surface area contributed by atoms with Crippen molar-refractivity contribution in [2.45, 2.75) is 26.3 Å². The van der Waals surface area contributed by atoms with E-state index in [-0.39, 0.29) is 0 Å². The van der Waals surface area contributed by atoms with Gasteiger partial charge in [0.15, 0.2) is 0 Å². The highest BCUT2D eigenvalue weighted by Crippen LogP contribution is 2.12. The van der Waals surface area contributed by atoms with Crippen LogP contribution in [0.1, 0.15) is 24.1 Å². The number of nitrogens with zero attached hydrogens (tertiary/aromatic N) is 1. The van der Waals surface area contributed by atoms with E-state index in [0.29, 0.717) is 5.92 Å². The Morgan fingerprint density at radius 3 is 3.12 bits per heavy atom. The average molecular weight is 220 g/mol. The molecular formula is C13H20N2O. The van der Waals surface area contributed by atoms with Crippen LogP contribution in [0.2, 0.25) is 0 Å². The monoisotopic (exact) mass is 220 g/mol. The van der Waals surface area contributed by atoms with Gasteiger partial charge in [-0.25, -0.2) is 0 Å². The lowest BCUT2D eigenvalue weighted by atomic mass is 10.0. The van der Waals surface area contributed by atoms with Crippen LogP contribution in [0, 0.1) is 12.8 Å². The number of ether oxygens (including phenoxy) is 1. The summed E-state index contributed by atoms with van der Waals surface area (Å²) >= 11 is 0. The van der Waals surface area contributed by atoms with Crippen LogP contribution in [-0.2, 0) is 11.3 Å². The largest absolute Gasteiger partial charge is 0.381 e. The number of pyridine rings is 1. The van der Waals surface area contributed by atoms with Gasteiger partial charge >= 0.3 is 0 Å². The van der Waals surface area contributed by atoms with E-state index >= 15 is 0 Å². The van der Waals surface area contributed by atoms with Gasteiger partial charge < -0.3 is 10.1 Å². The predicted octanol–water partition coefficient (Wildman–Crippen LogP) is 1.91. The second-order valence-corrected chi connectivity index (χ2v) is 4.54. The first-order valence-electron chi connectivity index (χ1n) is 6.04. The van der Waals surface area contributed by atoms with Crippen LogP contribution in [0.25, 0.3) is 0 Å². The van der Waals surface area contributed by atoms with Gasteiger partial charge in [0.25, 0.3) is 0 Å². The van der Waals surface area contributed by atoms with Gasteiger partial charge in [-0.3, -0.25) is 4.98 Å². The summed E-state index contributed by atoms with van der Waals surface area (Å²) in [7, 11) is 0. The zero-order valence-corrected chi connectivity index (χ0v) is 9.91. The van der Waals surface area contributed by atoms with Gasteiger partial charge in [0.05, 0.1) is 12.3 Å². The summed E-state index contributed by atoms with van der Waals surface area (Å²) in [4.78, 5) is 4.37. The fourth-order valence-corrected chi connectivity index (χ4v) is 1.98. The first-order valence-corrected chi connectivity index (χ1v) is 6.04. The third-order valence-electron chi connectivity index (χ3n) is 2.97. The van der Waals surface area contributed by atoms with Crippen molar-refractivity contribution in [2.75, 3.05) is 19.8 Å². The fourth-order valence-electron chi connectivity index (χ4n) is 1.98. The zero-order valence-electron chi connectivity index (χ0n) is 9.91. The molecule has 1 aromatic heterocycles. The zero-order chi connectivity index (χ0) is 11.2. The quantitative estimate of drug-likeness (QED) is 0.841. The smallest absolute Gasteiger partial charge is 0.0541 e. The summed E-state index contributed by atoms with van der Waals surface area (Å²) in [5, 5.41) is 3.45. The molecule has 0 aromatic carbocycles. The SMILES string of the molecule is Cc1ccc(CNCC2CCCOC2)nc1. The maximum atomic E-state index is 5.44. The molecule has 16 heavy (non-hydrogen) atoms. The van der Waals surface area contributed by atoms with Crippen molar-refractivity contribution in [1.82, 2.24) is 10.3 Å². The van der Waals surface area contributed by atoms with Crippen LogP contribution in [-0.4, -0.2) is 24.7 Å². The molecular weight excluding hydrogens is 200 g/mol. The molecule has 1 aliphatic rings. The van der Waals surface area contributed by atoms with Crippen LogP contribution < -0.4 is 5.32 Å². The molecule has 3 heteroatoms. The molecule has 1 N–H and O–H groups in total. The molecule has 1 unspecified atom stereocenters. The number of nitrogens with one attached hydrogen (secondary N) is 1. The van der Waals surface area contributed by atoms with Crippen molar-refractivity contribution in [3.05, 3.63) is 29.6 Å². The van der Waals surface area contributed by atoms with E-state index in [1.807, 2.05) is 6.20 Å². The van der Waals surface area contributed by atoms with Crippen molar-refractivity contribution in [3.8, 4) is 0 Å². The lowest BCUT2D eigenvalue weighted by Crippen LogP contribution is -2.29. The molecule has 1 saturated heterocycles. The van der Waals surface area contributed by atoms with E-state index in [4.69, 9.17) is 4.74 Å². The summed E-state index contributed by atoms with van der Waals surface area (Å²) in [6, 6.07) is 4.19. The maximum absolute atomic E-state index is 5.44. The molecule has 0 bridgehead atoms. The van der Waals surface area contributed by atoms with E-state index in [1.165, 1.54) is 18.4 Å². The fraction of sp³-hybridized carbons (Fsp3) is 0.615. The Morgan fingerprint density at radius 2 is 2.44 bits per heavy atom. The summed E-state index contributed by atoms with van der Waals surface area (Å²) in [6.45, 7) is 5.81. The van der Waals surface area contributed by atoms with Gasteiger partial charge in [-0.15, -0.1) is 0 Å². The third kappa shape index (κ3) is 3.58. The van der Waals surface area contributed by atoms with Gasteiger partial charge in [0, 0.05) is 25.9 Å². The van der Waals surface area contributed by atoms with Gasteiger partial charge in [0.2, 0.25) is 0 Å². The Hall–Kier alpha value is -0.930. The Morgan fingerprint density at radius 1 is 1.50 bits per heavy atom. The molecule has 0 saturated carbocycles. The third-order valence-corrected chi connectivity index (χ3v) is 2.97. The van der Waals surface area contributed by atoms with E-state index in [0.717, 1.165) is 32.0 Å². The highest BCUT2D eigenvalue weighted by Gasteiger charge is 2.12. The molecule has 0 spiro atoms. The topological polar surface area (TPSA) is 34.1 Å². The predicted molar refractivity (Wildman–Crippen MR) is 64.2 cm³/mol. The van der Waals surface area contributed by atoms with Crippen molar-refractivity contribution in [2.24, 2.45) is 5.92 Å². The molecule has 1 aliphatic heterocycles. The minimum absolute atomic E-state index is 0.680. The molecule has 1 aromatic rings. The van der Waals surface area contributed by atoms with E-state index in [9.17, 15) is 0 Å². The number of hydrogen-bond acceptors (Lipinski definition) is 3. The van der Waals surface area contributed by atoms with Crippen LogP contribution in [0.15, 0.2) is 18.3 Å². The Balaban J connectivity index is 1.69. The number of aromatic nitrogens is 1. The summed E-state index contributed by atoms with van der Waals surface area (Å²) in [5.41, 5.74) is 2.33. The minimum Gasteiger partial charge on any atom is -0.381 e. The van der Waals surface area contributed by atoms with Crippen LogP contribution in [0.3, 0.4) is 0 Å². The van der Waals surface area contributed by atoms with Crippen LogP contribution in [0.5, 0.6) is 0 Å². The van der Waals surface area contributed by atoms with Gasteiger partial charge in [-0.05, 0) is 37.3 Å². The second-order valence-electron chi connectivity index (χ2n) is 4.54. The van der Waals surface area contributed by atoms with Crippen molar-refractivity contribution < 1.29 is 4.74 Å². The van der Waals surface area contributed by atoms with E-state index in [2.05, 4.69) is 29.4 Å². The van der Waals surface area contributed by atoms with E-state index in [1.54, 1.807) is 0 Å². The molecule has 88 valence electrons. The molecule has 1 fully saturated rings. The summed E-state index contributed by atoms with van der Waals surface area (Å²) in [6.07, 6.45) is 4.41. The maximum Gasteiger partial charge on any atom is 0.0541 e. The average Bonchev–Trinajstić information content (AvgIpc) is 2.33. The molecule has 0 aliphatic carbocycles. The van der Waals surface area contributed by atoms with Crippen molar-refractivity contribution in [3.63, 3.8) is 0 Å². The Bertz CT molecular complexity index is 304. The summed E-state index contributed by atoms with van der Waals surface area (Å²) < 4.78 is 5.44. The lowest BCUT2D eigenvalue weighted by molar-refractivity contribution is 0.0547. The lowest BCUT2D eigenvalue weighted by Gasteiger charge is -2.22. The second kappa shape index (κ2) is 5.97. The summed E-state index contributed by atoms with van der Waals surface area (Å²) in [5.74, 6) is 0.680. The molecule has 2 heterocycles.